The molecule has 0 saturated heterocycles. The van der Waals surface area contributed by atoms with Gasteiger partial charge in [0.2, 0.25) is 5.95 Å². The Bertz CT molecular complexity index is 1000. The van der Waals surface area contributed by atoms with Crippen LogP contribution in [0.15, 0.2) is 48.5 Å². The van der Waals surface area contributed by atoms with Crippen LogP contribution in [0.2, 0.25) is 0 Å². The normalized spacial score (nSPS) is 10.3. The van der Waals surface area contributed by atoms with E-state index in [1.807, 2.05) is 76.2 Å². The van der Waals surface area contributed by atoms with E-state index in [-0.39, 0.29) is 6.03 Å². The molecule has 0 radical (unpaired) electrons. The first kappa shape index (κ1) is 20.1. The maximum atomic E-state index is 12.3. The second kappa shape index (κ2) is 9.05. The molecule has 1 aromatic heterocycles. The number of benzene rings is 2. The highest BCUT2D eigenvalue weighted by atomic mass is 16.2. The minimum Gasteiger partial charge on any atom is -0.354 e. The fourth-order valence-corrected chi connectivity index (χ4v) is 2.83. The molecule has 7 nitrogen and oxygen atoms in total. The van der Waals surface area contributed by atoms with Gasteiger partial charge in [0.25, 0.3) is 0 Å². The van der Waals surface area contributed by atoms with Crippen LogP contribution in [0, 0.1) is 20.8 Å². The molecule has 0 saturated carbocycles. The molecule has 1 heterocycles. The number of rotatable bonds is 6. The molecule has 2 amide bonds. The van der Waals surface area contributed by atoms with Crippen LogP contribution in [0.3, 0.4) is 0 Å². The number of urea groups is 1. The van der Waals surface area contributed by atoms with Crippen molar-refractivity contribution in [2.24, 2.45) is 0 Å². The van der Waals surface area contributed by atoms with Crippen molar-refractivity contribution in [3.8, 4) is 0 Å². The van der Waals surface area contributed by atoms with Gasteiger partial charge in [0.1, 0.15) is 5.82 Å². The van der Waals surface area contributed by atoms with Crippen molar-refractivity contribution < 1.29 is 4.79 Å². The molecule has 3 aromatic rings. The molecule has 150 valence electrons. The molecular formula is C22H26N6O. The molecule has 0 aliphatic rings. The summed E-state index contributed by atoms with van der Waals surface area (Å²) in [6.45, 7) is 8.69. The lowest BCUT2D eigenvalue weighted by Crippen LogP contribution is -2.20. The summed E-state index contributed by atoms with van der Waals surface area (Å²) in [6, 6.07) is 14.9. The van der Waals surface area contributed by atoms with Gasteiger partial charge in [-0.05, 0) is 69.2 Å². The maximum absolute atomic E-state index is 12.3. The fourth-order valence-electron chi connectivity index (χ4n) is 2.83. The Kier molecular flexibility index (Phi) is 6.29. The first-order valence-electron chi connectivity index (χ1n) is 9.55. The Balaban J connectivity index is 1.63. The zero-order valence-corrected chi connectivity index (χ0v) is 17.1. The first-order valence-corrected chi connectivity index (χ1v) is 9.55. The number of hydrogen-bond acceptors (Lipinski definition) is 5. The highest BCUT2D eigenvalue weighted by Gasteiger charge is 2.07. The number of nitrogens with one attached hydrogen (secondary N) is 4. The maximum Gasteiger partial charge on any atom is 0.323 e. The van der Waals surface area contributed by atoms with Crippen LogP contribution in [0.5, 0.6) is 0 Å². The fraction of sp³-hybridized carbons (Fsp3) is 0.227. The van der Waals surface area contributed by atoms with Crippen molar-refractivity contribution in [2.45, 2.75) is 27.7 Å². The van der Waals surface area contributed by atoms with Gasteiger partial charge >= 0.3 is 6.03 Å². The van der Waals surface area contributed by atoms with E-state index in [9.17, 15) is 4.79 Å². The Morgan fingerprint density at radius 1 is 0.931 bits per heavy atom. The summed E-state index contributed by atoms with van der Waals surface area (Å²) in [5, 5.41) is 12.1. The highest BCUT2D eigenvalue weighted by molar-refractivity contribution is 6.00. The van der Waals surface area contributed by atoms with E-state index in [2.05, 4.69) is 31.2 Å². The SMILES string of the molecule is CCNc1nc(C)cc(Nc2ccc(NC(=O)Nc3cccc(C)c3C)cc2)n1. The Morgan fingerprint density at radius 3 is 2.38 bits per heavy atom. The van der Waals surface area contributed by atoms with E-state index in [0.717, 1.165) is 34.7 Å². The van der Waals surface area contributed by atoms with E-state index < -0.39 is 0 Å². The number of anilines is 5. The molecule has 0 spiro atoms. The van der Waals surface area contributed by atoms with E-state index >= 15 is 0 Å². The Morgan fingerprint density at radius 2 is 1.66 bits per heavy atom. The van der Waals surface area contributed by atoms with E-state index in [1.165, 1.54) is 0 Å². The van der Waals surface area contributed by atoms with Crippen LogP contribution >= 0.6 is 0 Å². The van der Waals surface area contributed by atoms with Crippen LogP contribution in [0.1, 0.15) is 23.7 Å². The van der Waals surface area contributed by atoms with Crippen molar-refractivity contribution in [3.63, 3.8) is 0 Å². The highest BCUT2D eigenvalue weighted by Crippen LogP contribution is 2.21. The zero-order chi connectivity index (χ0) is 20.8. The van der Waals surface area contributed by atoms with Gasteiger partial charge in [-0.2, -0.15) is 4.98 Å². The van der Waals surface area contributed by atoms with E-state index in [0.29, 0.717) is 17.5 Å². The van der Waals surface area contributed by atoms with Crippen molar-refractivity contribution in [1.29, 1.82) is 0 Å². The number of hydrogen-bond donors (Lipinski definition) is 4. The van der Waals surface area contributed by atoms with Gasteiger partial charge in [0.15, 0.2) is 0 Å². The quantitative estimate of drug-likeness (QED) is 0.463. The third-order valence-electron chi connectivity index (χ3n) is 4.46. The van der Waals surface area contributed by atoms with Gasteiger partial charge in [-0.1, -0.05) is 12.1 Å². The lowest BCUT2D eigenvalue weighted by molar-refractivity contribution is 0.262. The smallest absolute Gasteiger partial charge is 0.323 e. The van der Waals surface area contributed by atoms with Crippen molar-refractivity contribution >= 4 is 34.9 Å². The summed E-state index contributed by atoms with van der Waals surface area (Å²) >= 11 is 0. The molecule has 2 aromatic carbocycles. The minimum absolute atomic E-state index is 0.277. The molecule has 0 aliphatic heterocycles. The van der Waals surface area contributed by atoms with Crippen molar-refractivity contribution in [3.05, 3.63) is 65.4 Å². The van der Waals surface area contributed by atoms with Crippen molar-refractivity contribution in [2.75, 3.05) is 27.8 Å². The molecule has 0 atom stereocenters. The summed E-state index contributed by atoms with van der Waals surface area (Å²) < 4.78 is 0. The Labute approximate surface area is 171 Å². The van der Waals surface area contributed by atoms with Gasteiger partial charge in [0, 0.05) is 35.4 Å². The summed E-state index contributed by atoms with van der Waals surface area (Å²) in [6.07, 6.45) is 0. The Hall–Kier alpha value is -3.61. The van der Waals surface area contributed by atoms with Crippen LogP contribution in [0.25, 0.3) is 0 Å². The van der Waals surface area contributed by atoms with Crippen molar-refractivity contribution in [1.82, 2.24) is 9.97 Å². The van der Waals surface area contributed by atoms with Crippen LogP contribution in [-0.4, -0.2) is 22.5 Å². The summed E-state index contributed by atoms with van der Waals surface area (Å²) in [7, 11) is 0. The third-order valence-corrected chi connectivity index (χ3v) is 4.46. The van der Waals surface area contributed by atoms with Crippen LogP contribution in [-0.2, 0) is 0 Å². The van der Waals surface area contributed by atoms with Crippen LogP contribution in [0.4, 0.5) is 33.6 Å². The van der Waals surface area contributed by atoms with Crippen LogP contribution < -0.4 is 21.3 Å². The van der Waals surface area contributed by atoms with E-state index in [1.54, 1.807) is 0 Å². The molecule has 0 aliphatic carbocycles. The average molecular weight is 390 g/mol. The first-order chi connectivity index (χ1) is 13.9. The van der Waals surface area contributed by atoms with Gasteiger partial charge in [0.05, 0.1) is 0 Å². The second-order valence-corrected chi connectivity index (χ2v) is 6.78. The summed E-state index contributed by atoms with van der Waals surface area (Å²) in [5.74, 6) is 1.30. The summed E-state index contributed by atoms with van der Waals surface area (Å²) in [5.41, 5.74) is 5.43. The molecule has 3 rings (SSSR count). The minimum atomic E-state index is -0.277. The predicted octanol–water partition coefficient (Wildman–Crippen LogP) is 5.22. The molecular weight excluding hydrogens is 364 g/mol. The van der Waals surface area contributed by atoms with Gasteiger partial charge in [-0.25, -0.2) is 9.78 Å². The average Bonchev–Trinajstić information content (AvgIpc) is 2.67. The molecule has 4 N–H and O–H groups in total. The molecule has 0 bridgehead atoms. The number of amides is 2. The number of aromatic nitrogens is 2. The number of carbonyl (C=O) groups excluding carboxylic acids is 1. The predicted molar refractivity (Wildman–Crippen MR) is 119 cm³/mol. The summed E-state index contributed by atoms with van der Waals surface area (Å²) in [4.78, 5) is 21.1. The lowest BCUT2D eigenvalue weighted by Gasteiger charge is -2.12. The van der Waals surface area contributed by atoms with E-state index in [4.69, 9.17) is 0 Å². The monoisotopic (exact) mass is 390 g/mol. The lowest BCUT2D eigenvalue weighted by atomic mass is 10.1. The molecule has 7 heteroatoms. The number of aryl methyl sites for hydroxylation is 2. The zero-order valence-electron chi connectivity index (χ0n) is 17.1. The standard InChI is InChI=1S/C22H26N6O/c1-5-23-21-24-15(3)13-20(28-21)25-17-9-11-18(12-10-17)26-22(29)27-19-8-6-7-14(2)16(19)4/h6-13H,5H2,1-4H3,(H2,26,27,29)(H2,23,24,25,28). The third kappa shape index (κ3) is 5.44. The molecule has 29 heavy (non-hydrogen) atoms. The topological polar surface area (TPSA) is 91.0 Å². The van der Waals surface area contributed by atoms with Gasteiger partial charge < -0.3 is 21.3 Å². The number of carbonyl (C=O) groups is 1. The second-order valence-electron chi connectivity index (χ2n) is 6.78. The van der Waals surface area contributed by atoms with Gasteiger partial charge in [-0.3, -0.25) is 0 Å². The number of nitrogens with zero attached hydrogens (tertiary/aromatic N) is 2. The molecule has 0 fully saturated rings. The largest absolute Gasteiger partial charge is 0.354 e. The molecule has 0 unspecified atom stereocenters. The van der Waals surface area contributed by atoms with Gasteiger partial charge in [-0.15, -0.1) is 0 Å².